The van der Waals surface area contributed by atoms with Gasteiger partial charge in [-0.2, -0.15) is 0 Å². The normalized spacial score (nSPS) is 10.8. The molecule has 0 bridgehead atoms. The number of carbonyl (C=O) groups excluding carboxylic acids is 1. The fourth-order valence-electron chi connectivity index (χ4n) is 3.49. The molecule has 0 unspecified atom stereocenters. The second-order valence-corrected chi connectivity index (χ2v) is 10.5. The van der Waals surface area contributed by atoms with Crippen molar-refractivity contribution in [1.82, 2.24) is 19.9 Å². The van der Waals surface area contributed by atoms with E-state index in [4.69, 9.17) is 22.1 Å². The zero-order valence-electron chi connectivity index (χ0n) is 19.8. The van der Waals surface area contributed by atoms with Crippen LogP contribution in [0.4, 0.5) is 11.5 Å². The van der Waals surface area contributed by atoms with Gasteiger partial charge in [-0.05, 0) is 57.0 Å². The number of nitrogens with one attached hydrogen (secondary N) is 1. The first-order valence-electron chi connectivity index (χ1n) is 10.5. The van der Waals surface area contributed by atoms with Crippen molar-refractivity contribution in [3.63, 3.8) is 0 Å². The molecule has 0 spiro atoms. The fourth-order valence-corrected chi connectivity index (χ4v) is 5.82. The highest BCUT2D eigenvalue weighted by Gasteiger charge is 2.14. The molecule has 0 aliphatic rings. The summed E-state index contributed by atoms with van der Waals surface area (Å²) in [5, 5.41) is 5.82. The predicted octanol–water partition coefficient (Wildman–Crippen LogP) is 6.12. The van der Waals surface area contributed by atoms with Gasteiger partial charge in [-0.3, -0.25) is 4.79 Å². The maximum absolute atomic E-state index is 11.3. The molecule has 0 radical (unpaired) electrons. The number of fused-ring (bicyclic) bond motifs is 2. The molecular weight excluding hydrogens is 504 g/mol. The summed E-state index contributed by atoms with van der Waals surface area (Å²) < 4.78 is 5.34. The molecule has 11 heteroatoms. The lowest BCUT2D eigenvalue weighted by atomic mass is 10.1. The van der Waals surface area contributed by atoms with Crippen LogP contribution in [0.3, 0.4) is 0 Å². The first kappa shape index (κ1) is 24.8. The summed E-state index contributed by atoms with van der Waals surface area (Å²) in [5.74, 6) is 0.739. The number of benzene rings is 1. The number of halogens is 1. The molecule has 5 rings (SSSR count). The number of thiophene rings is 2. The van der Waals surface area contributed by atoms with Crippen molar-refractivity contribution in [2.24, 2.45) is 5.73 Å². The predicted molar refractivity (Wildman–Crippen MR) is 144 cm³/mol. The summed E-state index contributed by atoms with van der Waals surface area (Å²) in [7, 11) is 1.54. The van der Waals surface area contributed by atoms with Crippen LogP contribution in [0.25, 0.3) is 20.4 Å². The van der Waals surface area contributed by atoms with Gasteiger partial charge in [0.25, 0.3) is 0 Å². The Morgan fingerprint density at radius 3 is 2.14 bits per heavy atom. The Kier molecular flexibility index (Phi) is 7.15. The average Bonchev–Trinajstić information content (AvgIpc) is 3.30. The number of rotatable bonds is 4. The summed E-state index contributed by atoms with van der Waals surface area (Å²) in [6.07, 6.45) is 3.03. The molecule has 35 heavy (non-hydrogen) atoms. The van der Waals surface area contributed by atoms with Gasteiger partial charge in [0.05, 0.1) is 23.6 Å². The first-order chi connectivity index (χ1) is 16.7. The summed E-state index contributed by atoms with van der Waals surface area (Å²) >= 11 is 9.22. The molecule has 3 N–H and O–H groups in total. The molecule has 4 heterocycles. The number of primary amides is 1. The van der Waals surface area contributed by atoms with Crippen LogP contribution in [0.1, 0.15) is 31.2 Å². The Labute approximate surface area is 215 Å². The van der Waals surface area contributed by atoms with Crippen molar-refractivity contribution < 1.29 is 9.53 Å². The highest BCUT2D eigenvalue weighted by atomic mass is 35.5. The standard InChI is InChI=1S/C16H16N4O2S.C8H7ClN2S/c1-8-9(2)23-16-13(8)15(18-7-19-16)20-11-5-4-10(14(17)21)6-12(11)22-3;1-4-5(2)12-8-6(4)7(9)10-3-11-8/h4-7H,1-3H3,(H2,17,21)(H,18,19,20);3H,1-2H3. The quantitative estimate of drug-likeness (QED) is 0.271. The molecule has 8 nitrogen and oxygen atoms in total. The zero-order valence-corrected chi connectivity index (χ0v) is 22.2. The molecule has 1 amide bonds. The lowest BCUT2D eigenvalue weighted by Gasteiger charge is -2.12. The minimum atomic E-state index is -0.497. The molecule has 0 saturated heterocycles. The van der Waals surface area contributed by atoms with Crippen molar-refractivity contribution in [2.75, 3.05) is 12.4 Å². The van der Waals surface area contributed by atoms with Gasteiger partial charge in [0.15, 0.2) is 0 Å². The Balaban J connectivity index is 0.000000201. The number of hydrogen-bond acceptors (Lipinski definition) is 9. The third-order valence-electron chi connectivity index (χ3n) is 5.62. The number of carbonyl (C=O) groups is 1. The smallest absolute Gasteiger partial charge is 0.248 e. The van der Waals surface area contributed by atoms with Gasteiger partial charge in [0, 0.05) is 15.3 Å². The van der Waals surface area contributed by atoms with Crippen LogP contribution in [0.5, 0.6) is 5.75 Å². The van der Waals surface area contributed by atoms with E-state index in [1.54, 1.807) is 48.0 Å². The minimum absolute atomic E-state index is 0.391. The van der Waals surface area contributed by atoms with Crippen molar-refractivity contribution in [2.45, 2.75) is 27.7 Å². The molecular formula is C24H23ClN6O2S2. The van der Waals surface area contributed by atoms with E-state index in [1.165, 1.54) is 28.0 Å². The molecule has 180 valence electrons. The first-order valence-corrected chi connectivity index (χ1v) is 12.5. The molecule has 0 atom stereocenters. The maximum atomic E-state index is 11.3. The van der Waals surface area contributed by atoms with E-state index in [-0.39, 0.29) is 0 Å². The third kappa shape index (κ3) is 4.90. The number of ether oxygens (including phenoxy) is 1. The second-order valence-electron chi connectivity index (χ2n) is 7.72. The van der Waals surface area contributed by atoms with Crippen LogP contribution in [-0.4, -0.2) is 33.0 Å². The summed E-state index contributed by atoms with van der Waals surface area (Å²) in [6.45, 7) is 8.23. The molecule has 1 aromatic carbocycles. The lowest BCUT2D eigenvalue weighted by Crippen LogP contribution is -2.11. The van der Waals surface area contributed by atoms with Gasteiger partial charge in [-0.1, -0.05) is 11.6 Å². The number of methoxy groups -OCH3 is 1. The number of anilines is 2. The number of amides is 1. The molecule has 4 aromatic heterocycles. The van der Waals surface area contributed by atoms with Crippen LogP contribution in [0.2, 0.25) is 5.15 Å². The zero-order chi connectivity index (χ0) is 25.3. The highest BCUT2D eigenvalue weighted by Crippen LogP contribution is 2.36. The van der Waals surface area contributed by atoms with Crippen molar-refractivity contribution in [1.29, 1.82) is 0 Å². The van der Waals surface area contributed by atoms with Crippen LogP contribution >= 0.6 is 34.3 Å². The van der Waals surface area contributed by atoms with E-state index in [9.17, 15) is 4.79 Å². The lowest BCUT2D eigenvalue weighted by molar-refractivity contribution is 0.1000. The molecule has 0 saturated carbocycles. The fraction of sp³-hybridized carbons (Fsp3) is 0.208. The van der Waals surface area contributed by atoms with Crippen molar-refractivity contribution in [3.05, 3.63) is 62.5 Å². The molecule has 5 aromatic rings. The van der Waals surface area contributed by atoms with Crippen molar-refractivity contribution in [3.8, 4) is 5.75 Å². The van der Waals surface area contributed by atoms with E-state index in [0.29, 0.717) is 28.0 Å². The van der Waals surface area contributed by atoms with E-state index in [0.717, 1.165) is 26.0 Å². The van der Waals surface area contributed by atoms with Crippen LogP contribution in [0.15, 0.2) is 30.9 Å². The van der Waals surface area contributed by atoms with Crippen LogP contribution in [-0.2, 0) is 0 Å². The van der Waals surface area contributed by atoms with Gasteiger partial charge < -0.3 is 15.8 Å². The Morgan fingerprint density at radius 1 is 0.943 bits per heavy atom. The SMILES string of the molecule is COc1cc(C(N)=O)ccc1Nc1ncnc2sc(C)c(C)c12.Cc1sc2ncnc(Cl)c2c1C. The van der Waals surface area contributed by atoms with E-state index >= 15 is 0 Å². The average molecular weight is 527 g/mol. The number of aryl methyl sites for hydroxylation is 4. The monoisotopic (exact) mass is 526 g/mol. The largest absolute Gasteiger partial charge is 0.495 e. The van der Waals surface area contributed by atoms with Gasteiger partial charge in [-0.15, -0.1) is 22.7 Å². The van der Waals surface area contributed by atoms with E-state index < -0.39 is 5.91 Å². The summed E-state index contributed by atoms with van der Waals surface area (Å²) in [5.41, 5.74) is 8.75. The summed E-state index contributed by atoms with van der Waals surface area (Å²) in [4.78, 5) is 32.4. The highest BCUT2D eigenvalue weighted by molar-refractivity contribution is 7.19. The Hall–Kier alpha value is -3.34. The van der Waals surface area contributed by atoms with Crippen LogP contribution < -0.4 is 15.8 Å². The van der Waals surface area contributed by atoms with Crippen molar-refractivity contribution >= 4 is 72.1 Å². The van der Waals surface area contributed by atoms with E-state index in [2.05, 4.69) is 46.0 Å². The summed E-state index contributed by atoms with van der Waals surface area (Å²) in [6, 6.07) is 5.01. The maximum Gasteiger partial charge on any atom is 0.248 e. The topological polar surface area (TPSA) is 116 Å². The molecule has 0 aliphatic heterocycles. The second kappa shape index (κ2) is 10.1. The number of aromatic nitrogens is 4. The third-order valence-corrected chi connectivity index (χ3v) is 8.14. The van der Waals surface area contributed by atoms with Gasteiger partial charge in [0.2, 0.25) is 5.91 Å². The Morgan fingerprint density at radius 2 is 1.54 bits per heavy atom. The molecule has 0 fully saturated rings. The van der Waals surface area contributed by atoms with E-state index in [1.807, 2.05) is 6.92 Å². The molecule has 0 aliphatic carbocycles. The van der Waals surface area contributed by atoms with Gasteiger partial charge >= 0.3 is 0 Å². The Bertz CT molecular complexity index is 1560. The minimum Gasteiger partial charge on any atom is -0.495 e. The number of hydrogen-bond donors (Lipinski definition) is 2. The van der Waals surface area contributed by atoms with Gasteiger partial charge in [-0.25, -0.2) is 19.9 Å². The van der Waals surface area contributed by atoms with Crippen LogP contribution in [0, 0.1) is 27.7 Å². The number of nitrogens with zero attached hydrogens (tertiary/aromatic N) is 4. The van der Waals surface area contributed by atoms with Gasteiger partial charge in [0.1, 0.15) is 39.0 Å². The number of nitrogens with two attached hydrogens (primary N) is 1.